The monoisotopic (exact) mass is 217 g/mol. The summed E-state index contributed by atoms with van der Waals surface area (Å²) in [6.07, 6.45) is 5.70. The van der Waals surface area contributed by atoms with Crippen LogP contribution in [0.15, 0.2) is 18.3 Å². The summed E-state index contributed by atoms with van der Waals surface area (Å²) in [5, 5.41) is 9.51. The number of pyridine rings is 1. The topological polar surface area (TPSA) is 33.1 Å². The Bertz CT molecular complexity index is 312. The molecule has 0 aromatic carbocycles. The number of aliphatic hydroxyl groups is 1. The van der Waals surface area contributed by atoms with E-state index in [0.29, 0.717) is 16.6 Å². The first kappa shape index (κ1) is 10.5. The molecule has 70 valence electrons. The zero-order chi connectivity index (χ0) is 9.68. The average Bonchev–Trinajstić information content (AvgIpc) is 2.11. The smallest absolute Gasteiger partial charge is 0.136 e. The van der Waals surface area contributed by atoms with Crippen molar-refractivity contribution in [2.45, 2.75) is 6.42 Å². The molecule has 0 fully saturated rings. The van der Waals surface area contributed by atoms with Gasteiger partial charge in [-0.2, -0.15) is 0 Å². The van der Waals surface area contributed by atoms with E-state index in [1.54, 1.807) is 12.1 Å². The molecule has 0 unspecified atom stereocenters. The maximum atomic E-state index is 8.54. The van der Waals surface area contributed by atoms with Gasteiger partial charge in [-0.3, -0.25) is 0 Å². The van der Waals surface area contributed by atoms with E-state index in [-0.39, 0.29) is 6.61 Å². The fraction of sp³-hybridized carbons (Fsp3) is 0.222. The van der Waals surface area contributed by atoms with Crippen LogP contribution in [0, 0.1) is 0 Å². The van der Waals surface area contributed by atoms with Crippen LogP contribution in [-0.4, -0.2) is 16.7 Å². The lowest BCUT2D eigenvalue weighted by Gasteiger charge is -1.97. The zero-order valence-electron chi connectivity index (χ0n) is 6.87. The summed E-state index contributed by atoms with van der Waals surface area (Å²) in [5.74, 6) is 0. The molecule has 0 amide bonds. The van der Waals surface area contributed by atoms with Crippen LogP contribution in [0.1, 0.15) is 12.0 Å². The van der Waals surface area contributed by atoms with Gasteiger partial charge in [0.25, 0.3) is 0 Å². The molecule has 2 nitrogen and oxygen atoms in total. The highest BCUT2D eigenvalue weighted by atomic mass is 35.5. The summed E-state index contributed by atoms with van der Waals surface area (Å²) in [7, 11) is 0. The Morgan fingerprint density at radius 2 is 2.23 bits per heavy atom. The van der Waals surface area contributed by atoms with Gasteiger partial charge in [0.1, 0.15) is 5.15 Å². The van der Waals surface area contributed by atoms with Crippen LogP contribution < -0.4 is 0 Å². The molecule has 0 aliphatic rings. The molecule has 0 atom stereocenters. The molecular weight excluding hydrogens is 209 g/mol. The highest BCUT2D eigenvalue weighted by Gasteiger charge is 1.97. The first-order chi connectivity index (χ1) is 6.24. The van der Waals surface area contributed by atoms with Gasteiger partial charge in [0, 0.05) is 18.4 Å². The largest absolute Gasteiger partial charge is 0.396 e. The van der Waals surface area contributed by atoms with Gasteiger partial charge in [-0.25, -0.2) is 4.98 Å². The van der Waals surface area contributed by atoms with E-state index in [1.165, 1.54) is 6.20 Å². The second kappa shape index (κ2) is 5.22. The van der Waals surface area contributed by atoms with Gasteiger partial charge in [0.2, 0.25) is 0 Å². The van der Waals surface area contributed by atoms with Crippen molar-refractivity contribution in [2.24, 2.45) is 0 Å². The predicted molar refractivity (Wildman–Crippen MR) is 55.0 cm³/mol. The van der Waals surface area contributed by atoms with Crippen molar-refractivity contribution < 1.29 is 5.11 Å². The molecule has 0 radical (unpaired) electrons. The van der Waals surface area contributed by atoms with Crippen molar-refractivity contribution in [1.29, 1.82) is 0 Å². The number of hydrogen-bond acceptors (Lipinski definition) is 2. The van der Waals surface area contributed by atoms with Crippen LogP contribution in [0.25, 0.3) is 6.08 Å². The molecule has 13 heavy (non-hydrogen) atoms. The standard InChI is InChI=1S/C9H9Cl2NO/c10-8-5-7(3-1-2-4-13)9(11)12-6-8/h1,3,5-6,13H,2,4H2. The number of rotatable bonds is 3. The maximum absolute atomic E-state index is 8.54. The van der Waals surface area contributed by atoms with Crippen molar-refractivity contribution in [3.63, 3.8) is 0 Å². The van der Waals surface area contributed by atoms with E-state index < -0.39 is 0 Å². The molecule has 1 heterocycles. The van der Waals surface area contributed by atoms with Gasteiger partial charge < -0.3 is 5.11 Å². The molecule has 0 aliphatic carbocycles. The minimum atomic E-state index is 0.127. The van der Waals surface area contributed by atoms with Crippen LogP contribution in [0.3, 0.4) is 0 Å². The Labute approximate surface area is 86.8 Å². The lowest BCUT2D eigenvalue weighted by molar-refractivity contribution is 0.303. The summed E-state index contributed by atoms with van der Waals surface area (Å²) in [5.41, 5.74) is 0.766. The number of halogens is 2. The third kappa shape index (κ3) is 3.35. The van der Waals surface area contributed by atoms with E-state index >= 15 is 0 Å². The van der Waals surface area contributed by atoms with Gasteiger partial charge in [-0.15, -0.1) is 0 Å². The second-order valence-corrected chi connectivity index (χ2v) is 3.24. The highest BCUT2D eigenvalue weighted by molar-refractivity contribution is 6.33. The van der Waals surface area contributed by atoms with Crippen LogP contribution in [-0.2, 0) is 0 Å². The summed E-state index contributed by atoms with van der Waals surface area (Å²) < 4.78 is 0. The van der Waals surface area contributed by atoms with Gasteiger partial charge in [-0.05, 0) is 12.5 Å². The number of hydrogen-bond donors (Lipinski definition) is 1. The number of aromatic nitrogens is 1. The third-order valence-electron chi connectivity index (χ3n) is 1.43. The summed E-state index contributed by atoms with van der Waals surface area (Å²) in [4.78, 5) is 3.88. The Morgan fingerprint density at radius 1 is 1.46 bits per heavy atom. The first-order valence-electron chi connectivity index (χ1n) is 3.82. The molecule has 1 rings (SSSR count). The van der Waals surface area contributed by atoms with Gasteiger partial charge in [0.05, 0.1) is 5.02 Å². The van der Waals surface area contributed by atoms with Gasteiger partial charge >= 0.3 is 0 Å². The molecule has 1 aromatic heterocycles. The fourth-order valence-corrected chi connectivity index (χ4v) is 1.17. The van der Waals surface area contributed by atoms with Crippen LogP contribution >= 0.6 is 23.2 Å². The summed E-state index contributed by atoms with van der Waals surface area (Å²) in [6.45, 7) is 0.127. The lowest BCUT2D eigenvalue weighted by Crippen LogP contribution is -1.81. The van der Waals surface area contributed by atoms with E-state index in [4.69, 9.17) is 28.3 Å². The summed E-state index contributed by atoms with van der Waals surface area (Å²) >= 11 is 11.5. The van der Waals surface area contributed by atoms with Crippen molar-refractivity contribution in [3.05, 3.63) is 34.1 Å². The normalized spacial score (nSPS) is 11.0. The average molecular weight is 218 g/mol. The Morgan fingerprint density at radius 3 is 2.92 bits per heavy atom. The van der Waals surface area contributed by atoms with Gasteiger partial charge in [0.15, 0.2) is 0 Å². The Balaban J connectivity index is 2.81. The predicted octanol–water partition coefficient (Wildman–Crippen LogP) is 2.78. The second-order valence-electron chi connectivity index (χ2n) is 2.45. The number of aliphatic hydroxyl groups excluding tert-OH is 1. The SMILES string of the molecule is OCCC=Cc1cc(Cl)cnc1Cl. The third-order valence-corrected chi connectivity index (χ3v) is 1.95. The fourth-order valence-electron chi connectivity index (χ4n) is 0.840. The lowest BCUT2D eigenvalue weighted by atomic mass is 10.2. The molecule has 0 saturated carbocycles. The maximum Gasteiger partial charge on any atom is 0.136 e. The van der Waals surface area contributed by atoms with Crippen LogP contribution in [0.5, 0.6) is 0 Å². The van der Waals surface area contributed by atoms with E-state index in [2.05, 4.69) is 4.98 Å². The molecule has 0 bridgehead atoms. The first-order valence-corrected chi connectivity index (χ1v) is 4.58. The minimum Gasteiger partial charge on any atom is -0.396 e. The molecular formula is C9H9Cl2NO. The Kier molecular flexibility index (Phi) is 4.22. The van der Waals surface area contributed by atoms with E-state index in [9.17, 15) is 0 Å². The minimum absolute atomic E-state index is 0.127. The molecule has 4 heteroatoms. The number of nitrogens with zero attached hydrogens (tertiary/aromatic N) is 1. The molecule has 0 saturated heterocycles. The van der Waals surface area contributed by atoms with Crippen molar-refractivity contribution >= 4 is 29.3 Å². The van der Waals surface area contributed by atoms with Crippen molar-refractivity contribution in [1.82, 2.24) is 4.98 Å². The van der Waals surface area contributed by atoms with Gasteiger partial charge in [-0.1, -0.05) is 35.4 Å². The quantitative estimate of drug-likeness (QED) is 0.791. The van der Waals surface area contributed by atoms with Crippen molar-refractivity contribution in [3.8, 4) is 0 Å². The van der Waals surface area contributed by atoms with Crippen LogP contribution in [0.2, 0.25) is 10.2 Å². The highest BCUT2D eigenvalue weighted by Crippen LogP contribution is 2.18. The molecule has 1 aromatic rings. The molecule has 0 aliphatic heterocycles. The van der Waals surface area contributed by atoms with E-state index in [0.717, 1.165) is 5.56 Å². The van der Waals surface area contributed by atoms with E-state index in [1.807, 2.05) is 6.08 Å². The molecule has 1 N–H and O–H groups in total. The zero-order valence-corrected chi connectivity index (χ0v) is 8.39. The van der Waals surface area contributed by atoms with Crippen LogP contribution in [0.4, 0.5) is 0 Å². The van der Waals surface area contributed by atoms with Crippen molar-refractivity contribution in [2.75, 3.05) is 6.61 Å². The Hall–Kier alpha value is -0.570. The molecule has 0 spiro atoms. The summed E-state index contributed by atoms with van der Waals surface area (Å²) in [6, 6.07) is 1.73.